The number of cyclic esters (lactones) is 1. The summed E-state index contributed by atoms with van der Waals surface area (Å²) in [5.41, 5.74) is 0. The topological polar surface area (TPSA) is 26.3 Å². The van der Waals surface area contributed by atoms with Crippen LogP contribution in [-0.4, -0.2) is 12.1 Å². The minimum Gasteiger partial charge on any atom is -0.463 e. The molecule has 1 fully saturated rings. The van der Waals surface area contributed by atoms with Crippen molar-refractivity contribution < 1.29 is 13.6 Å². The van der Waals surface area contributed by atoms with Gasteiger partial charge in [0.2, 0.25) is 0 Å². The summed E-state index contributed by atoms with van der Waals surface area (Å²) in [6.07, 6.45) is -0.293. The number of carbonyl (C=O) groups is 1. The molecule has 1 aliphatic rings. The molecule has 40 valence electrons. The van der Waals surface area contributed by atoms with Crippen molar-refractivity contribution in [3.8, 4) is 0 Å². The molecular weight excluding hydrogens is 92.1 g/mol. The summed E-state index contributed by atoms with van der Waals surface area (Å²) < 4.78 is 25.1. The Labute approximate surface area is 46.7 Å². The van der Waals surface area contributed by atoms with Gasteiger partial charge in [-0.15, -0.1) is 0 Å². The first-order valence-corrected chi connectivity index (χ1v) is 2.19. The zero-order valence-electron chi connectivity index (χ0n) is 6.81. The summed E-state index contributed by atoms with van der Waals surface area (Å²) in [5, 5.41) is 0. The molecule has 0 N–H and O–H groups in total. The number of esters is 1. The first kappa shape index (κ1) is 2.16. The van der Waals surface area contributed by atoms with Gasteiger partial charge in [0.1, 0.15) is 0 Å². The molecule has 0 amide bonds. The van der Waals surface area contributed by atoms with Crippen molar-refractivity contribution in [1.29, 1.82) is 0 Å². The lowest BCUT2D eigenvalue weighted by Crippen LogP contribution is -1.98. The fourth-order valence-corrected chi connectivity index (χ4v) is 0.525. The molecule has 2 nitrogen and oxygen atoms in total. The van der Waals surface area contributed by atoms with Crippen LogP contribution in [0.15, 0.2) is 0 Å². The van der Waals surface area contributed by atoms with Crippen LogP contribution >= 0.6 is 0 Å². The van der Waals surface area contributed by atoms with Crippen LogP contribution in [0.3, 0.4) is 0 Å². The van der Waals surface area contributed by atoms with Crippen molar-refractivity contribution in [2.75, 3.05) is 0 Å². The predicted octanol–water partition coefficient (Wildman–Crippen LogP) is 0.712. The van der Waals surface area contributed by atoms with Crippen molar-refractivity contribution in [1.82, 2.24) is 0 Å². The van der Waals surface area contributed by atoms with E-state index in [1.165, 1.54) is 0 Å². The van der Waals surface area contributed by atoms with Gasteiger partial charge in [0.15, 0.2) is 0 Å². The maximum atomic E-state index is 10.4. The molecule has 0 spiro atoms. The third kappa shape index (κ3) is 0.918. The maximum absolute atomic E-state index is 10.4. The summed E-state index contributed by atoms with van der Waals surface area (Å²) in [6, 6.07) is 0. The van der Waals surface area contributed by atoms with Gasteiger partial charge in [-0.3, -0.25) is 4.79 Å². The van der Waals surface area contributed by atoms with Gasteiger partial charge in [0, 0.05) is 10.5 Å². The van der Waals surface area contributed by atoms with Crippen molar-refractivity contribution >= 4 is 5.97 Å². The van der Waals surface area contributed by atoms with Gasteiger partial charge >= 0.3 is 5.97 Å². The Kier molecular flexibility index (Phi) is 0.470. The Balaban J connectivity index is 2.53. The number of rotatable bonds is 0. The average Bonchev–Trinajstić information content (AvgIpc) is 2.11. The van der Waals surface area contributed by atoms with E-state index in [9.17, 15) is 4.79 Å². The normalized spacial score (nSPS) is 38.6. The number of hydrogen-bond acceptors (Lipinski definition) is 2. The quantitative estimate of drug-likeness (QED) is 0.422. The lowest BCUT2D eigenvalue weighted by molar-refractivity contribution is -0.140. The Hall–Kier alpha value is -0.530. The van der Waals surface area contributed by atoms with Crippen LogP contribution < -0.4 is 0 Å². The van der Waals surface area contributed by atoms with E-state index in [0.29, 0.717) is 6.42 Å². The minimum absolute atomic E-state index is 0.239. The molecule has 0 radical (unpaired) electrons. The van der Waals surface area contributed by atoms with Crippen LogP contribution in [0.4, 0.5) is 0 Å². The largest absolute Gasteiger partial charge is 0.463 e. The van der Waals surface area contributed by atoms with Gasteiger partial charge in [-0.1, -0.05) is 0 Å². The Bertz CT molecular complexity index is 151. The highest BCUT2D eigenvalue weighted by Gasteiger charge is 2.17. The zero-order chi connectivity index (χ0) is 7.78. The molecule has 0 aromatic rings. The van der Waals surface area contributed by atoms with Gasteiger partial charge in [0.05, 0.1) is 6.10 Å². The lowest BCUT2D eigenvalue weighted by Gasteiger charge is -1.95. The van der Waals surface area contributed by atoms with E-state index < -0.39 is 18.9 Å². The fraction of sp³-hybridized carbons (Fsp3) is 0.800. The summed E-state index contributed by atoms with van der Waals surface area (Å²) in [4.78, 5) is 10.4. The standard InChI is InChI=1S/C5H8O2/c1-4-2-3-5(6)7-4/h4H,2-3H2,1H3/i1D3. The number of hydrogen-bond donors (Lipinski definition) is 0. The molecule has 0 aromatic heterocycles. The van der Waals surface area contributed by atoms with Crippen molar-refractivity contribution in [3.05, 3.63) is 0 Å². The second-order valence-corrected chi connectivity index (χ2v) is 1.52. The average molecular weight is 103 g/mol. The van der Waals surface area contributed by atoms with E-state index in [4.69, 9.17) is 4.11 Å². The zero-order valence-corrected chi connectivity index (χ0v) is 3.81. The molecule has 2 heteroatoms. The van der Waals surface area contributed by atoms with Crippen molar-refractivity contribution in [3.63, 3.8) is 0 Å². The minimum atomic E-state index is -2.13. The van der Waals surface area contributed by atoms with E-state index >= 15 is 0 Å². The van der Waals surface area contributed by atoms with E-state index in [2.05, 4.69) is 4.74 Å². The maximum Gasteiger partial charge on any atom is 0.306 e. The van der Waals surface area contributed by atoms with Gasteiger partial charge in [-0.05, 0) is 13.3 Å². The molecule has 1 unspecified atom stereocenters. The molecule has 1 atom stereocenters. The fourth-order valence-electron chi connectivity index (χ4n) is 0.525. The molecule has 1 aliphatic heterocycles. The number of carbonyl (C=O) groups excluding carboxylic acids is 1. The van der Waals surface area contributed by atoms with Gasteiger partial charge in [-0.25, -0.2) is 0 Å². The first-order valence-electron chi connectivity index (χ1n) is 3.69. The van der Waals surface area contributed by atoms with Crippen LogP contribution in [0.2, 0.25) is 0 Å². The first-order chi connectivity index (χ1) is 4.50. The molecule has 0 bridgehead atoms. The van der Waals surface area contributed by atoms with Crippen molar-refractivity contribution in [2.24, 2.45) is 0 Å². The summed E-state index contributed by atoms with van der Waals surface area (Å²) in [6.45, 7) is -2.13. The van der Waals surface area contributed by atoms with Gasteiger partial charge in [-0.2, -0.15) is 0 Å². The van der Waals surface area contributed by atoms with Gasteiger partial charge < -0.3 is 4.74 Å². The van der Waals surface area contributed by atoms with Crippen molar-refractivity contribution in [2.45, 2.75) is 25.8 Å². The highest BCUT2D eigenvalue weighted by molar-refractivity contribution is 5.71. The number of ether oxygens (including phenoxy) is 1. The summed E-state index contributed by atoms with van der Waals surface area (Å²) in [5.74, 6) is -0.402. The lowest BCUT2D eigenvalue weighted by atomic mass is 10.3. The third-order valence-electron chi connectivity index (χ3n) is 0.884. The van der Waals surface area contributed by atoms with Crippen LogP contribution in [0.1, 0.15) is 23.8 Å². The van der Waals surface area contributed by atoms with Gasteiger partial charge in [0.25, 0.3) is 0 Å². The molecule has 0 aliphatic carbocycles. The molecule has 1 saturated heterocycles. The van der Waals surface area contributed by atoms with E-state index in [0.717, 1.165) is 0 Å². The second kappa shape index (κ2) is 1.52. The highest BCUT2D eigenvalue weighted by Crippen LogP contribution is 2.11. The molecule has 0 saturated carbocycles. The SMILES string of the molecule is [2H]C([2H])([2H])C1CCC(=O)O1. The van der Waals surface area contributed by atoms with Crippen LogP contribution in [0.5, 0.6) is 0 Å². The Morgan fingerprint density at radius 2 is 3.00 bits per heavy atom. The van der Waals surface area contributed by atoms with Crippen LogP contribution in [0.25, 0.3) is 0 Å². The molecular formula is C5H8O2. The Morgan fingerprint density at radius 1 is 2.14 bits per heavy atom. The summed E-state index contributed by atoms with van der Waals surface area (Å²) in [7, 11) is 0. The molecule has 1 heterocycles. The van der Waals surface area contributed by atoms with Crippen LogP contribution in [-0.2, 0) is 9.53 Å². The molecule has 1 rings (SSSR count). The highest BCUT2D eigenvalue weighted by atomic mass is 16.5. The Morgan fingerprint density at radius 3 is 3.29 bits per heavy atom. The van der Waals surface area contributed by atoms with E-state index in [1.54, 1.807) is 0 Å². The molecule has 7 heavy (non-hydrogen) atoms. The monoisotopic (exact) mass is 103 g/mol. The predicted molar refractivity (Wildman–Crippen MR) is 24.8 cm³/mol. The third-order valence-corrected chi connectivity index (χ3v) is 0.884. The van der Waals surface area contributed by atoms with E-state index in [-0.39, 0.29) is 6.42 Å². The second-order valence-electron chi connectivity index (χ2n) is 1.52. The smallest absolute Gasteiger partial charge is 0.306 e. The molecule has 0 aromatic carbocycles. The van der Waals surface area contributed by atoms with Crippen LogP contribution in [0, 0.1) is 0 Å². The van der Waals surface area contributed by atoms with E-state index in [1.807, 2.05) is 0 Å². The summed E-state index contributed by atoms with van der Waals surface area (Å²) >= 11 is 0.